The van der Waals surface area contributed by atoms with Gasteiger partial charge in [-0.2, -0.15) is 12.6 Å². The fourth-order valence-corrected chi connectivity index (χ4v) is 3.25. The molecule has 9 heavy (non-hydrogen) atoms. The van der Waals surface area contributed by atoms with E-state index in [1.54, 1.807) is 8.93 Å². The zero-order valence-corrected chi connectivity index (χ0v) is 10.9. The predicted octanol–water partition coefficient (Wildman–Crippen LogP) is 3.12. The molecule has 0 aliphatic heterocycles. The first kappa shape index (κ1) is 11.1. The summed E-state index contributed by atoms with van der Waals surface area (Å²) in [5, 5.41) is 0.323. The molecular weight excluding hydrogens is 382 g/mol. The molecule has 0 fully saturated rings. The fourth-order valence-electron chi connectivity index (χ4n) is 0.301. The van der Waals surface area contributed by atoms with Crippen molar-refractivity contribution in [2.45, 2.75) is 18.3 Å². The van der Waals surface area contributed by atoms with Crippen LogP contribution in [0.2, 0.25) is 0 Å². The number of halogens is 2. The molecule has 0 aromatic heterocycles. The average molecular weight is 390 g/mol. The Bertz CT molecular complexity index is 71.6. The summed E-state index contributed by atoms with van der Waals surface area (Å²) in [6.45, 7) is 2.04. The zero-order chi connectivity index (χ0) is 7.28. The molecule has 0 saturated carbocycles. The van der Waals surface area contributed by atoms with E-state index in [1.165, 1.54) is 0 Å². The summed E-state index contributed by atoms with van der Waals surface area (Å²) in [7, 11) is 1.75. The van der Waals surface area contributed by atoms with E-state index in [0.29, 0.717) is 5.25 Å². The Balaban J connectivity index is 3.41. The van der Waals surface area contributed by atoms with Gasteiger partial charge in [0.25, 0.3) is 0 Å². The Hall–Kier alpha value is 2.12. The third-order valence-corrected chi connectivity index (χ3v) is 3.40. The van der Waals surface area contributed by atoms with Crippen LogP contribution in [-0.2, 0) is 3.07 Å². The minimum Gasteiger partial charge on any atom is -0.310 e. The van der Waals surface area contributed by atoms with Crippen molar-refractivity contribution in [2.24, 2.45) is 0 Å². The molecule has 1 unspecified atom stereocenters. The maximum Gasteiger partial charge on any atom is 0.110 e. The van der Waals surface area contributed by atoms with Gasteiger partial charge in [-0.25, -0.2) is 0 Å². The van der Waals surface area contributed by atoms with Crippen molar-refractivity contribution in [1.29, 1.82) is 0 Å². The standard InChI is InChI=1S/C4H8I2OS2/c1-3(8)4(7-5)2-9-6/h3-4,8H,2H2,1H3/t3?,4-/m1/s1. The van der Waals surface area contributed by atoms with Crippen molar-refractivity contribution in [3.8, 4) is 0 Å². The van der Waals surface area contributed by atoms with Crippen LogP contribution in [0, 0.1) is 0 Å². The molecule has 5 heteroatoms. The Kier molecular flexibility index (Phi) is 8.41. The number of hydrogen-bond acceptors (Lipinski definition) is 3. The monoisotopic (exact) mass is 390 g/mol. The van der Waals surface area contributed by atoms with Crippen molar-refractivity contribution in [1.82, 2.24) is 0 Å². The summed E-state index contributed by atoms with van der Waals surface area (Å²) in [5.74, 6) is 1.01. The van der Waals surface area contributed by atoms with Gasteiger partial charge in [-0.1, -0.05) is 15.9 Å². The average Bonchev–Trinajstić information content (AvgIpc) is 1.82. The molecular formula is C4H8I2OS2. The summed E-state index contributed by atoms with van der Waals surface area (Å²) in [4.78, 5) is 0. The highest BCUT2D eigenvalue weighted by atomic mass is 127. The van der Waals surface area contributed by atoms with Crippen LogP contribution in [0.25, 0.3) is 0 Å². The smallest absolute Gasteiger partial charge is 0.110 e. The highest BCUT2D eigenvalue weighted by molar-refractivity contribution is 14.2. The maximum absolute atomic E-state index is 5.12. The molecule has 0 N–H and O–H groups in total. The molecule has 0 aliphatic carbocycles. The van der Waals surface area contributed by atoms with Gasteiger partial charge in [-0.15, -0.1) is 0 Å². The van der Waals surface area contributed by atoms with Gasteiger partial charge in [0.15, 0.2) is 0 Å². The van der Waals surface area contributed by atoms with Crippen LogP contribution in [0.1, 0.15) is 6.92 Å². The van der Waals surface area contributed by atoms with Crippen molar-refractivity contribution in [3.05, 3.63) is 0 Å². The van der Waals surface area contributed by atoms with Gasteiger partial charge in [0, 0.05) is 11.0 Å². The van der Waals surface area contributed by atoms with E-state index in [4.69, 9.17) is 3.07 Å². The third kappa shape index (κ3) is 5.40. The third-order valence-electron chi connectivity index (χ3n) is 0.880. The minimum atomic E-state index is 0.274. The van der Waals surface area contributed by atoms with Gasteiger partial charge in [0.05, 0.1) is 6.10 Å². The second-order valence-corrected chi connectivity index (χ2v) is 5.39. The first-order chi connectivity index (χ1) is 4.22. The van der Waals surface area contributed by atoms with Crippen molar-refractivity contribution in [2.75, 3.05) is 5.75 Å². The molecule has 0 aromatic rings. The lowest BCUT2D eigenvalue weighted by Crippen LogP contribution is -2.20. The first-order valence-corrected chi connectivity index (χ1v) is 7.34. The minimum absolute atomic E-state index is 0.274. The Morgan fingerprint density at radius 2 is 2.33 bits per heavy atom. The molecule has 56 valence electrons. The molecule has 0 spiro atoms. The summed E-state index contributed by atoms with van der Waals surface area (Å²) in [6, 6.07) is 0. The van der Waals surface area contributed by atoms with Gasteiger partial charge < -0.3 is 3.07 Å². The number of hydrogen-bond donors (Lipinski definition) is 1. The molecule has 0 radical (unpaired) electrons. The van der Waals surface area contributed by atoms with Gasteiger partial charge in [-0.3, -0.25) is 0 Å². The van der Waals surface area contributed by atoms with E-state index >= 15 is 0 Å². The molecule has 0 aromatic carbocycles. The normalized spacial score (nSPS) is 17.3. The van der Waals surface area contributed by atoms with Gasteiger partial charge in [0.1, 0.15) is 23.0 Å². The van der Waals surface area contributed by atoms with E-state index in [9.17, 15) is 0 Å². The molecule has 0 aliphatic rings. The van der Waals surface area contributed by atoms with E-state index in [2.05, 4.69) is 33.8 Å². The van der Waals surface area contributed by atoms with E-state index in [0.717, 1.165) is 5.75 Å². The van der Waals surface area contributed by atoms with Gasteiger partial charge in [-0.05, 0) is 21.2 Å². The molecule has 0 saturated heterocycles. The molecule has 0 amide bonds. The highest BCUT2D eigenvalue weighted by Gasteiger charge is 2.12. The molecule has 0 heterocycles. The number of rotatable bonds is 4. The maximum atomic E-state index is 5.12. The second kappa shape index (κ2) is 6.81. The largest absolute Gasteiger partial charge is 0.310 e. The molecule has 0 rings (SSSR count). The van der Waals surface area contributed by atoms with Gasteiger partial charge in [0.2, 0.25) is 0 Å². The van der Waals surface area contributed by atoms with Crippen molar-refractivity contribution >= 4 is 65.8 Å². The van der Waals surface area contributed by atoms with Crippen LogP contribution in [0.15, 0.2) is 0 Å². The summed E-state index contributed by atoms with van der Waals surface area (Å²) >= 11 is 8.44. The van der Waals surface area contributed by atoms with Crippen LogP contribution in [0.4, 0.5) is 0 Å². The van der Waals surface area contributed by atoms with E-state index in [-0.39, 0.29) is 6.10 Å². The Labute approximate surface area is 91.7 Å². The second-order valence-electron chi connectivity index (χ2n) is 1.64. The Morgan fingerprint density at radius 1 is 1.78 bits per heavy atom. The van der Waals surface area contributed by atoms with Crippen LogP contribution < -0.4 is 0 Å². The lowest BCUT2D eigenvalue weighted by atomic mass is 10.3. The molecule has 2 atom stereocenters. The summed E-state index contributed by atoms with van der Waals surface area (Å²) in [6.07, 6.45) is 0.274. The van der Waals surface area contributed by atoms with E-state index in [1.807, 2.05) is 29.9 Å². The number of thiol groups is 1. The highest BCUT2D eigenvalue weighted by Crippen LogP contribution is 2.19. The lowest BCUT2D eigenvalue weighted by Gasteiger charge is -2.14. The summed E-state index contributed by atoms with van der Waals surface area (Å²) in [5.41, 5.74) is 0. The van der Waals surface area contributed by atoms with Crippen LogP contribution in [-0.4, -0.2) is 17.1 Å². The first-order valence-electron chi connectivity index (χ1n) is 2.41. The van der Waals surface area contributed by atoms with Crippen LogP contribution in [0.3, 0.4) is 0 Å². The predicted molar refractivity (Wildman–Crippen MR) is 63.8 cm³/mol. The summed E-state index contributed by atoms with van der Waals surface area (Å²) < 4.78 is 5.12. The van der Waals surface area contributed by atoms with E-state index < -0.39 is 0 Å². The van der Waals surface area contributed by atoms with Crippen molar-refractivity contribution in [3.63, 3.8) is 0 Å². The SMILES string of the molecule is CC(S)[C@@H](CSI)OI. The Morgan fingerprint density at radius 3 is 2.44 bits per heavy atom. The molecule has 0 bridgehead atoms. The van der Waals surface area contributed by atoms with Gasteiger partial charge >= 0.3 is 0 Å². The fraction of sp³-hybridized carbons (Fsp3) is 1.00. The molecule has 1 nitrogen and oxygen atoms in total. The topological polar surface area (TPSA) is 9.23 Å². The quantitative estimate of drug-likeness (QED) is 0.584. The lowest BCUT2D eigenvalue weighted by molar-refractivity contribution is 0.315. The van der Waals surface area contributed by atoms with Crippen molar-refractivity contribution < 1.29 is 3.07 Å². The van der Waals surface area contributed by atoms with Crippen LogP contribution in [0.5, 0.6) is 0 Å². The van der Waals surface area contributed by atoms with Crippen LogP contribution >= 0.6 is 65.8 Å². The zero-order valence-electron chi connectivity index (χ0n) is 4.88.